The van der Waals surface area contributed by atoms with Gasteiger partial charge >= 0.3 is 0 Å². The van der Waals surface area contributed by atoms with Crippen LogP contribution in [0.3, 0.4) is 0 Å². The second kappa shape index (κ2) is 6.46. The van der Waals surface area contributed by atoms with Gasteiger partial charge in [-0.3, -0.25) is 0 Å². The van der Waals surface area contributed by atoms with Crippen molar-refractivity contribution in [3.05, 3.63) is 23.8 Å². The Kier molecular flexibility index (Phi) is 4.43. The van der Waals surface area contributed by atoms with Crippen molar-refractivity contribution >= 4 is 0 Å². The molecular weight excluding hydrogens is 254 g/mol. The molecule has 1 saturated heterocycles. The number of fused-ring (bicyclic) bond motifs is 1. The highest BCUT2D eigenvalue weighted by molar-refractivity contribution is 5.44. The lowest BCUT2D eigenvalue weighted by Crippen LogP contribution is -2.21. The Morgan fingerprint density at radius 2 is 1.95 bits per heavy atom. The molecule has 2 unspecified atom stereocenters. The van der Waals surface area contributed by atoms with E-state index >= 15 is 0 Å². The molecular formula is C16H23NO3. The molecule has 0 amide bonds. The molecule has 1 fully saturated rings. The van der Waals surface area contributed by atoms with Crippen molar-refractivity contribution < 1.29 is 14.2 Å². The molecule has 0 saturated carbocycles. The van der Waals surface area contributed by atoms with Gasteiger partial charge in [-0.1, -0.05) is 6.07 Å². The van der Waals surface area contributed by atoms with E-state index in [-0.39, 0.29) is 6.04 Å². The lowest BCUT2D eigenvalue weighted by atomic mass is 9.97. The van der Waals surface area contributed by atoms with Gasteiger partial charge in [-0.2, -0.15) is 0 Å². The summed E-state index contributed by atoms with van der Waals surface area (Å²) in [4.78, 5) is 0. The summed E-state index contributed by atoms with van der Waals surface area (Å²) in [5, 5.41) is 0. The third kappa shape index (κ3) is 3.25. The van der Waals surface area contributed by atoms with Gasteiger partial charge in [0, 0.05) is 12.6 Å². The molecule has 4 heteroatoms. The van der Waals surface area contributed by atoms with Crippen LogP contribution in [-0.2, 0) is 4.74 Å². The summed E-state index contributed by atoms with van der Waals surface area (Å²) in [5.41, 5.74) is 7.41. The minimum absolute atomic E-state index is 0.0383. The smallest absolute Gasteiger partial charge is 0.161 e. The average Bonchev–Trinajstić information content (AvgIpc) is 2.53. The normalized spacial score (nSPS) is 23.4. The number of benzene rings is 1. The Bertz CT molecular complexity index is 443. The number of hydrogen-bond donors (Lipinski definition) is 1. The molecule has 2 atom stereocenters. The molecule has 2 aliphatic heterocycles. The predicted molar refractivity (Wildman–Crippen MR) is 77.2 cm³/mol. The summed E-state index contributed by atoms with van der Waals surface area (Å²) in [7, 11) is 0. The highest BCUT2D eigenvalue weighted by Crippen LogP contribution is 2.33. The summed E-state index contributed by atoms with van der Waals surface area (Å²) in [6.45, 7) is 2.14. The van der Waals surface area contributed by atoms with Gasteiger partial charge in [-0.15, -0.1) is 0 Å². The summed E-state index contributed by atoms with van der Waals surface area (Å²) >= 11 is 0. The van der Waals surface area contributed by atoms with E-state index in [1.807, 2.05) is 18.2 Å². The van der Waals surface area contributed by atoms with E-state index in [1.165, 1.54) is 19.3 Å². The first-order chi connectivity index (χ1) is 9.83. The van der Waals surface area contributed by atoms with Crippen molar-refractivity contribution in [2.45, 2.75) is 44.2 Å². The van der Waals surface area contributed by atoms with Crippen LogP contribution in [0.5, 0.6) is 11.5 Å². The maximum Gasteiger partial charge on any atom is 0.161 e. The maximum absolute atomic E-state index is 6.29. The zero-order chi connectivity index (χ0) is 13.8. The molecule has 1 aromatic rings. The van der Waals surface area contributed by atoms with Crippen LogP contribution in [0.15, 0.2) is 18.2 Å². The third-order valence-electron chi connectivity index (χ3n) is 4.07. The quantitative estimate of drug-likeness (QED) is 0.919. The van der Waals surface area contributed by atoms with Crippen LogP contribution in [0.2, 0.25) is 0 Å². The Morgan fingerprint density at radius 1 is 1.10 bits per heavy atom. The standard InChI is InChI=1S/C16H23NO3/c17-14(6-5-13-3-1-2-8-18-13)12-4-7-15-16(11-12)20-10-9-19-15/h4,7,11,13-14H,1-3,5-6,8-10,17H2. The topological polar surface area (TPSA) is 53.7 Å². The number of ether oxygens (including phenoxy) is 3. The van der Waals surface area contributed by atoms with Crippen molar-refractivity contribution in [2.24, 2.45) is 5.73 Å². The van der Waals surface area contributed by atoms with Gasteiger partial charge < -0.3 is 19.9 Å². The van der Waals surface area contributed by atoms with E-state index in [0.717, 1.165) is 36.5 Å². The van der Waals surface area contributed by atoms with Crippen LogP contribution in [0.25, 0.3) is 0 Å². The minimum atomic E-state index is 0.0383. The largest absolute Gasteiger partial charge is 0.486 e. The molecule has 4 nitrogen and oxygen atoms in total. The van der Waals surface area contributed by atoms with Crippen molar-refractivity contribution in [2.75, 3.05) is 19.8 Å². The molecule has 2 aliphatic rings. The molecule has 1 aromatic carbocycles. The Balaban J connectivity index is 1.57. The summed E-state index contributed by atoms with van der Waals surface area (Å²) in [6.07, 6.45) is 6.04. The fraction of sp³-hybridized carbons (Fsp3) is 0.625. The number of nitrogens with two attached hydrogens (primary N) is 1. The van der Waals surface area contributed by atoms with E-state index in [2.05, 4.69) is 0 Å². The molecule has 0 bridgehead atoms. The average molecular weight is 277 g/mol. The van der Waals surface area contributed by atoms with Gasteiger partial charge in [0.15, 0.2) is 11.5 Å². The predicted octanol–water partition coefficient (Wildman–Crippen LogP) is 2.81. The number of hydrogen-bond acceptors (Lipinski definition) is 4. The Hall–Kier alpha value is -1.26. The van der Waals surface area contributed by atoms with Crippen LogP contribution in [-0.4, -0.2) is 25.9 Å². The SMILES string of the molecule is NC(CCC1CCCCO1)c1ccc2c(c1)OCCO2. The van der Waals surface area contributed by atoms with E-state index in [0.29, 0.717) is 19.3 Å². The van der Waals surface area contributed by atoms with Crippen molar-refractivity contribution in [1.29, 1.82) is 0 Å². The zero-order valence-electron chi connectivity index (χ0n) is 11.8. The van der Waals surface area contributed by atoms with Crippen molar-refractivity contribution in [3.63, 3.8) is 0 Å². The molecule has 3 rings (SSSR count). The van der Waals surface area contributed by atoms with Crippen LogP contribution < -0.4 is 15.2 Å². The molecule has 110 valence electrons. The van der Waals surface area contributed by atoms with Gasteiger partial charge in [-0.05, 0) is 49.8 Å². The monoisotopic (exact) mass is 277 g/mol. The second-order valence-corrected chi connectivity index (χ2v) is 5.58. The fourth-order valence-electron chi connectivity index (χ4n) is 2.86. The summed E-state index contributed by atoms with van der Waals surface area (Å²) in [5.74, 6) is 1.64. The van der Waals surface area contributed by atoms with E-state index < -0.39 is 0 Å². The van der Waals surface area contributed by atoms with E-state index in [9.17, 15) is 0 Å². The lowest BCUT2D eigenvalue weighted by molar-refractivity contribution is 0.00912. The maximum atomic E-state index is 6.29. The van der Waals surface area contributed by atoms with Gasteiger partial charge in [0.2, 0.25) is 0 Å². The van der Waals surface area contributed by atoms with Gasteiger partial charge in [-0.25, -0.2) is 0 Å². The molecule has 2 N–H and O–H groups in total. The first-order valence-electron chi connectivity index (χ1n) is 7.59. The van der Waals surface area contributed by atoms with Crippen LogP contribution in [0.4, 0.5) is 0 Å². The van der Waals surface area contributed by atoms with Crippen molar-refractivity contribution in [1.82, 2.24) is 0 Å². The fourth-order valence-corrected chi connectivity index (χ4v) is 2.86. The molecule has 2 heterocycles. The van der Waals surface area contributed by atoms with Crippen LogP contribution in [0, 0.1) is 0 Å². The first-order valence-corrected chi connectivity index (χ1v) is 7.59. The molecule has 0 aromatic heterocycles. The molecule has 0 spiro atoms. The molecule has 0 aliphatic carbocycles. The Morgan fingerprint density at radius 3 is 2.75 bits per heavy atom. The highest BCUT2D eigenvalue weighted by Gasteiger charge is 2.18. The second-order valence-electron chi connectivity index (χ2n) is 5.58. The van der Waals surface area contributed by atoms with Crippen LogP contribution in [0.1, 0.15) is 43.7 Å². The third-order valence-corrected chi connectivity index (χ3v) is 4.07. The van der Waals surface area contributed by atoms with E-state index in [1.54, 1.807) is 0 Å². The Labute approximate surface area is 120 Å². The summed E-state index contributed by atoms with van der Waals surface area (Å²) < 4.78 is 16.9. The van der Waals surface area contributed by atoms with Gasteiger partial charge in [0.25, 0.3) is 0 Å². The zero-order valence-corrected chi connectivity index (χ0v) is 11.8. The lowest BCUT2D eigenvalue weighted by Gasteiger charge is -2.24. The molecule has 20 heavy (non-hydrogen) atoms. The van der Waals surface area contributed by atoms with Gasteiger partial charge in [0.05, 0.1) is 6.10 Å². The van der Waals surface area contributed by atoms with Crippen LogP contribution >= 0.6 is 0 Å². The first kappa shape index (κ1) is 13.7. The minimum Gasteiger partial charge on any atom is -0.486 e. The van der Waals surface area contributed by atoms with E-state index in [4.69, 9.17) is 19.9 Å². The highest BCUT2D eigenvalue weighted by atomic mass is 16.6. The molecule has 0 radical (unpaired) electrons. The van der Waals surface area contributed by atoms with Gasteiger partial charge in [0.1, 0.15) is 13.2 Å². The summed E-state index contributed by atoms with van der Waals surface area (Å²) in [6, 6.07) is 6.05. The van der Waals surface area contributed by atoms with Crippen molar-refractivity contribution in [3.8, 4) is 11.5 Å². The number of rotatable bonds is 4.